The van der Waals surface area contributed by atoms with Crippen molar-refractivity contribution in [2.24, 2.45) is 57.2 Å². The summed E-state index contributed by atoms with van der Waals surface area (Å²) in [5, 5.41) is 13.8. The Morgan fingerprint density at radius 1 is 1.03 bits per heavy atom. The van der Waals surface area contributed by atoms with Gasteiger partial charge in [0.1, 0.15) is 5.66 Å². The van der Waals surface area contributed by atoms with Gasteiger partial charge >= 0.3 is 0 Å². The molecule has 0 aromatic carbocycles. The van der Waals surface area contributed by atoms with Crippen molar-refractivity contribution in [1.29, 1.82) is 0 Å². The molecule has 4 fully saturated rings. The summed E-state index contributed by atoms with van der Waals surface area (Å²) >= 11 is 0. The number of aliphatic hydroxyl groups is 1. The number of rotatable bonds is 5. The fourth-order valence-electron chi connectivity index (χ4n) is 9.17. The van der Waals surface area contributed by atoms with Gasteiger partial charge in [0, 0.05) is 0 Å². The van der Waals surface area contributed by atoms with Gasteiger partial charge in [0.15, 0.2) is 0 Å². The van der Waals surface area contributed by atoms with E-state index in [-0.39, 0.29) is 0 Å². The van der Waals surface area contributed by atoms with Crippen molar-refractivity contribution >= 4 is 0 Å². The second-order valence-corrected chi connectivity index (χ2v) is 13.1. The van der Waals surface area contributed by atoms with Crippen LogP contribution in [0.4, 0.5) is 0 Å². The molecule has 4 rings (SSSR count). The van der Waals surface area contributed by atoms with E-state index in [4.69, 9.17) is 5.73 Å². The maximum absolute atomic E-state index is 11.0. The highest BCUT2D eigenvalue weighted by Crippen LogP contribution is 2.68. The molecular weight excluding hydrogens is 372 g/mol. The standard InChI is InChI=1S/C26H46N2O2/c1-17(10-13-26(5,27)28-30)20-8-9-21-19-7-6-18-16-23(2,29)14-15-24(18,3)22(19)11-12-25(20,21)4/h17-22,29H,6-16,27H2,1-5H3/t17-,18?,19?,20?,21?,22?,23+,24?,25?,26?/m1/s1. The number of fused-ring (bicyclic) bond motifs is 5. The van der Waals surface area contributed by atoms with Crippen LogP contribution in [0.15, 0.2) is 5.18 Å². The van der Waals surface area contributed by atoms with Gasteiger partial charge in [-0.25, -0.2) is 0 Å². The molecule has 0 spiro atoms. The van der Waals surface area contributed by atoms with Crippen LogP contribution < -0.4 is 5.73 Å². The van der Waals surface area contributed by atoms with E-state index in [0.717, 1.165) is 42.9 Å². The van der Waals surface area contributed by atoms with Crippen LogP contribution in [0.2, 0.25) is 0 Å². The fraction of sp³-hybridized carbons (Fsp3) is 1.00. The summed E-state index contributed by atoms with van der Waals surface area (Å²) in [6.07, 6.45) is 13.1. The summed E-state index contributed by atoms with van der Waals surface area (Å²) in [5.41, 5.74) is 5.54. The SMILES string of the molecule is C[C@H](CCC(C)(N)N=O)C1CCC2C3CCC4C[C@@](C)(O)CCC4(C)C3CCC21C. The van der Waals surface area contributed by atoms with Crippen LogP contribution in [-0.4, -0.2) is 16.4 Å². The first kappa shape index (κ1) is 22.7. The summed E-state index contributed by atoms with van der Waals surface area (Å²) in [5.74, 6) is 4.66. The van der Waals surface area contributed by atoms with Crippen LogP contribution in [0, 0.1) is 51.2 Å². The Bertz CT molecular complexity index is 661. The van der Waals surface area contributed by atoms with Gasteiger partial charge in [0.25, 0.3) is 0 Å². The van der Waals surface area contributed by atoms with Gasteiger partial charge in [-0.05, 0) is 136 Å². The third kappa shape index (κ3) is 3.68. The van der Waals surface area contributed by atoms with Gasteiger partial charge in [-0.15, -0.1) is 4.91 Å². The largest absolute Gasteiger partial charge is 0.390 e. The van der Waals surface area contributed by atoms with Gasteiger partial charge in [0.2, 0.25) is 0 Å². The number of hydrogen-bond donors (Lipinski definition) is 2. The lowest BCUT2D eigenvalue weighted by atomic mass is 9.43. The molecule has 0 radical (unpaired) electrons. The Morgan fingerprint density at radius 2 is 1.73 bits per heavy atom. The second-order valence-electron chi connectivity index (χ2n) is 13.1. The van der Waals surface area contributed by atoms with E-state index < -0.39 is 11.3 Å². The molecule has 0 saturated heterocycles. The van der Waals surface area contributed by atoms with E-state index >= 15 is 0 Å². The van der Waals surface area contributed by atoms with Crippen molar-refractivity contribution in [3.05, 3.63) is 4.91 Å². The normalized spacial score (nSPS) is 51.2. The first-order valence-electron chi connectivity index (χ1n) is 12.8. The minimum Gasteiger partial charge on any atom is -0.390 e. The molecule has 30 heavy (non-hydrogen) atoms. The molecule has 8 unspecified atom stereocenters. The quantitative estimate of drug-likeness (QED) is 0.518. The monoisotopic (exact) mass is 418 g/mol. The molecule has 3 N–H and O–H groups in total. The third-order valence-corrected chi connectivity index (χ3v) is 11.0. The zero-order valence-electron chi connectivity index (χ0n) is 20.1. The van der Waals surface area contributed by atoms with Crippen molar-refractivity contribution in [1.82, 2.24) is 0 Å². The van der Waals surface area contributed by atoms with Crippen molar-refractivity contribution in [3.8, 4) is 0 Å². The van der Waals surface area contributed by atoms with Gasteiger partial charge in [-0.3, -0.25) is 0 Å². The number of nitrogens with zero attached hydrogens (tertiary/aromatic N) is 1. The minimum atomic E-state index is -0.917. The molecule has 0 aromatic heterocycles. The minimum absolute atomic E-state index is 0.438. The first-order chi connectivity index (χ1) is 13.9. The summed E-state index contributed by atoms with van der Waals surface area (Å²) in [6, 6.07) is 0. The molecule has 4 aliphatic carbocycles. The van der Waals surface area contributed by atoms with E-state index in [1.165, 1.54) is 44.9 Å². The Kier molecular flexibility index (Phi) is 5.71. The van der Waals surface area contributed by atoms with Crippen molar-refractivity contribution in [2.75, 3.05) is 0 Å². The predicted octanol–water partition coefficient (Wildman–Crippen LogP) is 6.25. The molecule has 10 atom stereocenters. The molecular formula is C26H46N2O2. The summed E-state index contributed by atoms with van der Waals surface area (Å²) in [6.45, 7) is 11.4. The molecule has 0 amide bonds. The van der Waals surface area contributed by atoms with Gasteiger partial charge < -0.3 is 10.8 Å². The van der Waals surface area contributed by atoms with Crippen LogP contribution in [0.3, 0.4) is 0 Å². The lowest BCUT2D eigenvalue weighted by Gasteiger charge is -2.62. The third-order valence-electron chi connectivity index (χ3n) is 11.0. The van der Waals surface area contributed by atoms with Crippen LogP contribution in [0.25, 0.3) is 0 Å². The Balaban J connectivity index is 1.48. The van der Waals surface area contributed by atoms with Crippen LogP contribution in [0.1, 0.15) is 105 Å². The van der Waals surface area contributed by atoms with E-state index in [0.29, 0.717) is 29.1 Å². The average Bonchev–Trinajstić information content (AvgIpc) is 3.04. The Morgan fingerprint density at radius 3 is 2.43 bits per heavy atom. The predicted molar refractivity (Wildman–Crippen MR) is 123 cm³/mol. The van der Waals surface area contributed by atoms with Crippen LogP contribution >= 0.6 is 0 Å². The van der Waals surface area contributed by atoms with E-state index in [1.54, 1.807) is 6.92 Å². The average molecular weight is 419 g/mol. The Labute approximate surface area is 184 Å². The van der Waals surface area contributed by atoms with Crippen molar-refractivity contribution in [2.45, 2.75) is 117 Å². The molecule has 4 saturated carbocycles. The fourth-order valence-corrected chi connectivity index (χ4v) is 9.17. The lowest BCUT2D eigenvalue weighted by Crippen LogP contribution is -2.55. The zero-order chi connectivity index (χ0) is 21.9. The lowest BCUT2D eigenvalue weighted by molar-refractivity contribution is -0.148. The maximum Gasteiger partial charge on any atom is 0.147 e. The molecule has 172 valence electrons. The van der Waals surface area contributed by atoms with Crippen molar-refractivity contribution < 1.29 is 5.11 Å². The number of nitrogens with two attached hydrogens (primary N) is 1. The summed E-state index contributed by atoms with van der Waals surface area (Å²) in [7, 11) is 0. The summed E-state index contributed by atoms with van der Waals surface area (Å²) in [4.78, 5) is 11.0. The molecule has 0 bridgehead atoms. The second kappa shape index (κ2) is 7.54. The van der Waals surface area contributed by atoms with Crippen molar-refractivity contribution in [3.63, 3.8) is 0 Å². The molecule has 4 aliphatic rings. The Hall–Kier alpha value is -0.480. The molecule has 0 heterocycles. The van der Waals surface area contributed by atoms with E-state index in [2.05, 4.69) is 32.9 Å². The summed E-state index contributed by atoms with van der Waals surface area (Å²) < 4.78 is 0. The maximum atomic E-state index is 11.0. The molecule has 0 aromatic rings. The topological polar surface area (TPSA) is 75.7 Å². The number of nitroso groups, excluding NO2 is 1. The highest BCUT2D eigenvalue weighted by atomic mass is 16.3. The van der Waals surface area contributed by atoms with Gasteiger partial charge in [-0.2, -0.15) is 0 Å². The van der Waals surface area contributed by atoms with Gasteiger partial charge in [-0.1, -0.05) is 20.8 Å². The smallest absolute Gasteiger partial charge is 0.147 e. The molecule has 0 aliphatic heterocycles. The zero-order valence-corrected chi connectivity index (χ0v) is 20.1. The first-order valence-corrected chi connectivity index (χ1v) is 12.8. The van der Waals surface area contributed by atoms with Gasteiger partial charge in [0.05, 0.1) is 5.60 Å². The number of hydrogen-bond acceptors (Lipinski definition) is 4. The molecule has 4 nitrogen and oxygen atoms in total. The van der Waals surface area contributed by atoms with E-state index in [1.807, 2.05) is 0 Å². The van der Waals surface area contributed by atoms with Crippen LogP contribution in [0.5, 0.6) is 0 Å². The molecule has 4 heteroatoms. The highest BCUT2D eigenvalue weighted by Gasteiger charge is 2.61. The highest BCUT2D eigenvalue weighted by molar-refractivity contribution is 5.10. The van der Waals surface area contributed by atoms with E-state index in [9.17, 15) is 10.0 Å². The van der Waals surface area contributed by atoms with Crippen LogP contribution in [-0.2, 0) is 0 Å².